The average Bonchev–Trinajstić information content (AvgIpc) is 3.14. The third kappa shape index (κ3) is 4.73. The number of carbonyl (C=O) groups is 1. The largest absolute Gasteiger partial charge is 0.502 e. The van der Waals surface area contributed by atoms with Crippen LogP contribution in [0.5, 0.6) is 17.2 Å². The zero-order chi connectivity index (χ0) is 27.0. The van der Waals surface area contributed by atoms with Crippen molar-refractivity contribution in [2.45, 2.75) is 20.3 Å². The fraction of sp³-hybridized carbons (Fsp3) is 0.156. The van der Waals surface area contributed by atoms with E-state index in [0.717, 1.165) is 44.2 Å². The number of methoxy groups -OCH3 is 2. The molecule has 0 unspecified atom stereocenters. The Labute approximate surface area is 220 Å². The molecule has 0 saturated heterocycles. The molecule has 0 atom stereocenters. The normalized spacial score (nSPS) is 13.7. The number of anilines is 1. The summed E-state index contributed by atoms with van der Waals surface area (Å²) in [4.78, 5) is 13.2. The lowest BCUT2D eigenvalue weighted by molar-refractivity contribution is -0.115. The molecule has 1 aliphatic carbocycles. The quantitative estimate of drug-likeness (QED) is 0.285. The first-order valence-electron chi connectivity index (χ1n) is 12.2. The summed E-state index contributed by atoms with van der Waals surface area (Å²) < 4.78 is 24.9. The molecule has 1 aliphatic rings. The Kier molecular flexibility index (Phi) is 6.64. The number of halogens is 1. The van der Waals surface area contributed by atoms with Crippen molar-refractivity contribution in [1.29, 1.82) is 0 Å². The molecule has 1 amide bonds. The van der Waals surface area contributed by atoms with Crippen molar-refractivity contribution in [1.82, 2.24) is 0 Å². The monoisotopic (exact) mass is 509 g/mol. The number of ether oxygens (including phenoxy) is 2. The minimum atomic E-state index is -0.367. The van der Waals surface area contributed by atoms with Gasteiger partial charge in [0.05, 0.1) is 20.6 Å². The Balaban J connectivity index is 1.49. The van der Waals surface area contributed by atoms with E-state index in [4.69, 9.17) is 9.47 Å². The van der Waals surface area contributed by atoms with Gasteiger partial charge < -0.3 is 19.9 Å². The van der Waals surface area contributed by atoms with Crippen LogP contribution in [0.2, 0.25) is 0 Å². The lowest BCUT2D eigenvalue weighted by Gasteiger charge is -2.11. The van der Waals surface area contributed by atoms with Gasteiger partial charge in [-0.25, -0.2) is 4.39 Å². The number of phenolic OH excluding ortho intramolecular Hbond substituents is 1. The van der Waals surface area contributed by atoms with Crippen molar-refractivity contribution in [3.05, 3.63) is 100 Å². The number of fused-ring (bicyclic) bond motifs is 2. The average molecular weight is 510 g/mol. The van der Waals surface area contributed by atoms with E-state index in [9.17, 15) is 14.3 Å². The van der Waals surface area contributed by atoms with Crippen LogP contribution in [0.1, 0.15) is 35.6 Å². The van der Waals surface area contributed by atoms with Crippen LogP contribution >= 0.6 is 0 Å². The molecule has 0 bridgehead atoms. The van der Waals surface area contributed by atoms with Crippen LogP contribution in [0.15, 0.2) is 72.3 Å². The molecular weight excluding hydrogens is 481 g/mol. The lowest BCUT2D eigenvalue weighted by atomic mass is 10.00. The number of rotatable bonds is 6. The number of aromatic hydroxyl groups is 1. The maximum atomic E-state index is 14.3. The van der Waals surface area contributed by atoms with Crippen molar-refractivity contribution < 1.29 is 23.8 Å². The van der Waals surface area contributed by atoms with Crippen molar-refractivity contribution >= 4 is 39.6 Å². The number of allylic oxidation sites excluding steroid dienone is 2. The Morgan fingerprint density at radius 1 is 0.895 bits per heavy atom. The molecule has 4 aromatic carbocycles. The Morgan fingerprint density at radius 2 is 1.61 bits per heavy atom. The zero-order valence-corrected chi connectivity index (χ0v) is 21.7. The van der Waals surface area contributed by atoms with Gasteiger partial charge in [0, 0.05) is 5.69 Å². The van der Waals surface area contributed by atoms with Crippen molar-refractivity contribution in [3.8, 4) is 17.2 Å². The molecule has 4 aromatic rings. The summed E-state index contributed by atoms with van der Waals surface area (Å²) in [5.74, 6) is -0.0791. The van der Waals surface area contributed by atoms with Gasteiger partial charge in [-0.05, 0) is 101 Å². The molecule has 2 N–H and O–H groups in total. The summed E-state index contributed by atoms with van der Waals surface area (Å²) >= 11 is 0. The van der Waals surface area contributed by atoms with E-state index in [0.29, 0.717) is 11.3 Å². The molecule has 5 nitrogen and oxygen atoms in total. The van der Waals surface area contributed by atoms with E-state index in [2.05, 4.69) is 23.5 Å². The maximum Gasteiger partial charge on any atom is 0.228 e. The van der Waals surface area contributed by atoms with Crippen LogP contribution in [0.3, 0.4) is 0 Å². The minimum Gasteiger partial charge on any atom is -0.502 e. The SMILES string of the molecule is COc1cc(/C=C2/C(C)=C(CC(=O)Nc3ccc4ccc(C)cc4c3)c3cc(F)ccc32)cc(OC)c1O. The summed E-state index contributed by atoms with van der Waals surface area (Å²) in [6, 6.07) is 20.0. The molecular formula is C32H28FNO4. The molecule has 0 radical (unpaired) electrons. The van der Waals surface area contributed by atoms with Gasteiger partial charge in [0.1, 0.15) is 5.82 Å². The summed E-state index contributed by atoms with van der Waals surface area (Å²) in [6.07, 6.45) is 2.01. The third-order valence-corrected chi connectivity index (χ3v) is 6.88. The van der Waals surface area contributed by atoms with E-state index in [1.807, 2.05) is 38.1 Å². The van der Waals surface area contributed by atoms with Crippen LogP contribution in [0, 0.1) is 12.7 Å². The van der Waals surface area contributed by atoms with Crippen molar-refractivity contribution in [2.24, 2.45) is 0 Å². The van der Waals surface area contributed by atoms with Crippen LogP contribution in [-0.4, -0.2) is 25.2 Å². The number of hydrogen-bond acceptors (Lipinski definition) is 4. The molecule has 0 aliphatic heterocycles. The number of amides is 1. The van der Waals surface area contributed by atoms with Gasteiger partial charge in [0.2, 0.25) is 11.7 Å². The van der Waals surface area contributed by atoms with E-state index in [-0.39, 0.29) is 35.4 Å². The molecule has 0 heterocycles. The zero-order valence-electron chi connectivity index (χ0n) is 21.7. The summed E-state index contributed by atoms with van der Waals surface area (Å²) in [5, 5.41) is 15.4. The second-order valence-electron chi connectivity index (χ2n) is 9.42. The highest BCUT2D eigenvalue weighted by atomic mass is 19.1. The Hall–Kier alpha value is -4.58. The Morgan fingerprint density at radius 3 is 2.32 bits per heavy atom. The molecule has 0 spiro atoms. The maximum absolute atomic E-state index is 14.3. The molecule has 38 heavy (non-hydrogen) atoms. The number of phenols is 1. The minimum absolute atomic E-state index is 0.0838. The first kappa shape index (κ1) is 25.1. The molecule has 6 heteroatoms. The van der Waals surface area contributed by atoms with Crippen molar-refractivity contribution in [3.63, 3.8) is 0 Å². The topological polar surface area (TPSA) is 67.8 Å². The summed E-state index contributed by atoms with van der Waals surface area (Å²) in [5.41, 5.74) is 6.61. The van der Waals surface area contributed by atoms with Crippen LogP contribution in [0.25, 0.3) is 28.0 Å². The van der Waals surface area contributed by atoms with E-state index >= 15 is 0 Å². The number of aryl methyl sites for hydroxylation is 1. The second kappa shape index (κ2) is 10.1. The van der Waals surface area contributed by atoms with Crippen LogP contribution in [-0.2, 0) is 4.79 Å². The van der Waals surface area contributed by atoms with E-state index in [1.54, 1.807) is 18.2 Å². The predicted octanol–water partition coefficient (Wildman–Crippen LogP) is 7.37. The summed E-state index contributed by atoms with van der Waals surface area (Å²) in [7, 11) is 2.94. The molecule has 5 rings (SSSR count). The number of nitrogens with one attached hydrogen (secondary N) is 1. The highest BCUT2D eigenvalue weighted by Gasteiger charge is 2.26. The van der Waals surface area contributed by atoms with Crippen molar-refractivity contribution in [2.75, 3.05) is 19.5 Å². The fourth-order valence-corrected chi connectivity index (χ4v) is 4.95. The lowest BCUT2D eigenvalue weighted by Crippen LogP contribution is -2.12. The van der Waals surface area contributed by atoms with Gasteiger partial charge in [0.15, 0.2) is 11.5 Å². The highest BCUT2D eigenvalue weighted by molar-refractivity contribution is 6.10. The smallest absolute Gasteiger partial charge is 0.228 e. The van der Waals surface area contributed by atoms with Gasteiger partial charge in [-0.1, -0.05) is 35.9 Å². The summed E-state index contributed by atoms with van der Waals surface area (Å²) in [6.45, 7) is 3.96. The third-order valence-electron chi connectivity index (χ3n) is 6.88. The second-order valence-corrected chi connectivity index (χ2v) is 9.42. The van der Waals surface area contributed by atoms with E-state index < -0.39 is 0 Å². The standard InChI is InChI=1S/C32H28FNO4/c1-18-5-6-21-7-9-24(15-22(21)11-18)34-31(35)17-27-19(2)26(25-10-8-23(33)16-28(25)27)12-20-13-29(37-3)32(36)30(14-20)38-4/h5-16,36H,17H2,1-4H3,(H,34,35)/b26-12-. The number of hydrogen-bond donors (Lipinski definition) is 2. The first-order chi connectivity index (χ1) is 18.3. The Bertz CT molecular complexity index is 1630. The molecule has 0 fully saturated rings. The fourth-order valence-electron chi connectivity index (χ4n) is 4.95. The van der Waals surface area contributed by atoms with Gasteiger partial charge in [0.25, 0.3) is 0 Å². The molecule has 0 aromatic heterocycles. The number of carbonyl (C=O) groups excluding carboxylic acids is 1. The molecule has 0 saturated carbocycles. The molecule has 192 valence electrons. The van der Waals surface area contributed by atoms with Gasteiger partial charge in [-0.3, -0.25) is 4.79 Å². The van der Waals surface area contributed by atoms with Gasteiger partial charge >= 0.3 is 0 Å². The van der Waals surface area contributed by atoms with Gasteiger partial charge in [-0.15, -0.1) is 0 Å². The van der Waals surface area contributed by atoms with Gasteiger partial charge in [-0.2, -0.15) is 0 Å². The van der Waals surface area contributed by atoms with E-state index in [1.165, 1.54) is 26.4 Å². The first-order valence-corrected chi connectivity index (χ1v) is 12.2. The van der Waals surface area contributed by atoms with Crippen LogP contribution < -0.4 is 14.8 Å². The predicted molar refractivity (Wildman–Crippen MR) is 150 cm³/mol. The number of benzene rings is 4. The van der Waals surface area contributed by atoms with Crippen LogP contribution in [0.4, 0.5) is 10.1 Å². The highest BCUT2D eigenvalue weighted by Crippen LogP contribution is 2.45.